The molecule has 0 saturated heterocycles. The summed E-state index contributed by atoms with van der Waals surface area (Å²) < 4.78 is 18.6. The fraction of sp³-hybridized carbons (Fsp3) is 0.0294. The van der Waals surface area contributed by atoms with Crippen LogP contribution in [-0.2, 0) is 0 Å². The SMILES string of the molecule is Cc1ccc(N(c2cccc3c2oc2ccccc23)c2ccc3c4cc5c(cc4n4c6ccccc6c2c34)c2ccc(N(c3ccc(C)cc3)c3cccc4c3oc3ccccc34)c3c4ccccc4n5c23)cc1. The van der Waals surface area contributed by atoms with Crippen LogP contribution in [0, 0.1) is 13.8 Å². The minimum atomic E-state index is 0.866. The maximum absolute atomic E-state index is 6.79. The molecule has 0 unspecified atom stereocenters. The summed E-state index contributed by atoms with van der Waals surface area (Å²) in [7, 11) is 0. The third-order valence-electron chi connectivity index (χ3n) is 16.1. The fourth-order valence-electron chi connectivity index (χ4n) is 12.9. The first-order chi connectivity index (χ1) is 36.6. The largest absolute Gasteiger partial charge is 0.454 e. The second-order valence-corrected chi connectivity index (χ2v) is 20.1. The van der Waals surface area contributed by atoms with Crippen molar-refractivity contribution in [2.24, 2.45) is 0 Å². The maximum Gasteiger partial charge on any atom is 0.159 e. The van der Waals surface area contributed by atoms with Gasteiger partial charge in [0.2, 0.25) is 0 Å². The van der Waals surface area contributed by atoms with Crippen LogP contribution < -0.4 is 9.80 Å². The van der Waals surface area contributed by atoms with E-state index in [9.17, 15) is 0 Å². The van der Waals surface area contributed by atoms with E-state index in [0.717, 1.165) is 78.0 Å². The van der Waals surface area contributed by atoms with Gasteiger partial charge >= 0.3 is 0 Å². The van der Waals surface area contributed by atoms with Crippen LogP contribution in [0.1, 0.15) is 11.1 Å². The van der Waals surface area contributed by atoms with Gasteiger partial charge in [-0.3, -0.25) is 0 Å². The van der Waals surface area contributed by atoms with Crippen LogP contribution in [0.25, 0.3) is 120 Å². The Bertz CT molecular complexity index is 4840. The van der Waals surface area contributed by atoms with Gasteiger partial charge in [-0.25, -0.2) is 0 Å². The second kappa shape index (κ2) is 14.4. The predicted octanol–water partition coefficient (Wildman–Crippen LogP) is 19.3. The number of benzene rings is 11. The van der Waals surface area contributed by atoms with Crippen molar-refractivity contribution in [3.63, 3.8) is 0 Å². The van der Waals surface area contributed by atoms with Crippen LogP contribution in [0.4, 0.5) is 34.1 Å². The number of furan rings is 2. The molecule has 6 aromatic heterocycles. The van der Waals surface area contributed by atoms with Gasteiger partial charge in [-0.15, -0.1) is 0 Å². The van der Waals surface area contributed by atoms with Crippen LogP contribution in [0.5, 0.6) is 0 Å². The number of hydrogen-bond acceptors (Lipinski definition) is 4. The van der Waals surface area contributed by atoms with Crippen molar-refractivity contribution in [1.29, 1.82) is 0 Å². The highest BCUT2D eigenvalue weighted by Crippen LogP contribution is 2.53. The molecular weight excluding hydrogens is 905 g/mol. The number of rotatable bonds is 6. The number of aryl methyl sites for hydroxylation is 2. The molecule has 0 amide bonds. The zero-order chi connectivity index (χ0) is 48.5. The Labute approximate surface area is 423 Å². The Morgan fingerprint density at radius 1 is 0.297 bits per heavy atom. The molecule has 0 atom stereocenters. The van der Waals surface area contributed by atoms with Crippen molar-refractivity contribution < 1.29 is 8.83 Å². The predicted molar refractivity (Wildman–Crippen MR) is 309 cm³/mol. The quantitative estimate of drug-likeness (QED) is 0.167. The zero-order valence-electron chi connectivity index (χ0n) is 40.4. The van der Waals surface area contributed by atoms with Crippen LogP contribution >= 0.6 is 0 Å². The lowest BCUT2D eigenvalue weighted by atomic mass is 10.0. The molecule has 17 aromatic rings. The second-order valence-electron chi connectivity index (χ2n) is 20.1. The summed E-state index contributed by atoms with van der Waals surface area (Å²) in [6.07, 6.45) is 0. The number of aromatic nitrogens is 2. The fourth-order valence-corrected chi connectivity index (χ4v) is 12.9. The number of anilines is 6. The average molecular weight is 947 g/mol. The third-order valence-corrected chi connectivity index (χ3v) is 16.1. The van der Waals surface area contributed by atoms with E-state index in [1.807, 2.05) is 12.1 Å². The molecule has 0 fully saturated rings. The molecule has 346 valence electrons. The van der Waals surface area contributed by atoms with Crippen molar-refractivity contribution in [2.75, 3.05) is 9.80 Å². The van der Waals surface area contributed by atoms with E-state index < -0.39 is 0 Å². The molecule has 74 heavy (non-hydrogen) atoms. The molecule has 17 rings (SSSR count). The minimum Gasteiger partial charge on any atom is -0.454 e. The van der Waals surface area contributed by atoms with E-state index in [0.29, 0.717) is 0 Å². The molecule has 0 aliphatic carbocycles. The maximum atomic E-state index is 6.79. The zero-order valence-corrected chi connectivity index (χ0v) is 40.4. The van der Waals surface area contributed by atoms with Crippen molar-refractivity contribution in [3.8, 4) is 0 Å². The molecule has 11 aromatic carbocycles. The Hall–Kier alpha value is -9.78. The lowest BCUT2D eigenvalue weighted by molar-refractivity contribution is 0.669. The van der Waals surface area contributed by atoms with Crippen molar-refractivity contribution in [2.45, 2.75) is 13.8 Å². The number of hydrogen-bond donors (Lipinski definition) is 0. The van der Waals surface area contributed by atoms with Gasteiger partial charge in [-0.05, 0) is 98.8 Å². The minimum absolute atomic E-state index is 0.866. The Balaban J connectivity index is 0.948. The molecule has 0 aliphatic rings. The third kappa shape index (κ3) is 5.18. The number of para-hydroxylation sites is 6. The first-order valence-electron chi connectivity index (χ1n) is 25.4. The summed E-state index contributed by atoms with van der Waals surface area (Å²) in [5, 5.41) is 14.1. The summed E-state index contributed by atoms with van der Waals surface area (Å²) in [6, 6.07) is 79.7. The van der Waals surface area contributed by atoms with Crippen LogP contribution in [-0.4, -0.2) is 8.80 Å². The van der Waals surface area contributed by atoms with E-state index in [1.54, 1.807) is 0 Å². The standard InChI is InChI=1S/C68H42N4O2/c1-39-25-29-41(30-26-39)69(57-21-11-17-47-43-13-5-9-23-61(43)73-67(47)57)55-35-33-45-51-37-60-52(38-59(51)71-53-19-7-3-15-49(53)63(55)65(45)71)46-34-36-56(64-50-16-4-8-20-54(50)72(60)66(46)64)70(42-31-27-40(2)28-32-42)58-22-12-18-48-44-14-6-10-24-62(44)74-68(48)58/h3-38H,1-2H3. The van der Waals surface area contributed by atoms with Gasteiger partial charge in [0, 0.05) is 76.0 Å². The molecule has 0 radical (unpaired) electrons. The summed E-state index contributed by atoms with van der Waals surface area (Å²) in [4.78, 5) is 4.82. The van der Waals surface area contributed by atoms with Gasteiger partial charge in [0.15, 0.2) is 11.2 Å². The Kier molecular flexibility index (Phi) is 7.78. The average Bonchev–Trinajstić information content (AvgIpc) is 4.30. The van der Waals surface area contributed by atoms with E-state index in [2.05, 4.69) is 239 Å². The number of fused-ring (bicyclic) bond motifs is 18. The monoisotopic (exact) mass is 946 g/mol. The van der Waals surface area contributed by atoms with Crippen LogP contribution in [0.15, 0.2) is 227 Å². The summed E-state index contributed by atoms with van der Waals surface area (Å²) >= 11 is 0. The lowest BCUT2D eigenvalue weighted by Gasteiger charge is -2.26. The highest BCUT2D eigenvalue weighted by molar-refractivity contribution is 6.32. The smallest absolute Gasteiger partial charge is 0.159 e. The van der Waals surface area contributed by atoms with Crippen molar-refractivity contribution in [1.82, 2.24) is 8.80 Å². The normalized spacial score (nSPS) is 12.5. The molecule has 0 spiro atoms. The summed E-state index contributed by atoms with van der Waals surface area (Å²) in [6.45, 7) is 4.30. The van der Waals surface area contributed by atoms with Gasteiger partial charge in [-0.2, -0.15) is 0 Å². The topological polar surface area (TPSA) is 41.6 Å². The molecule has 0 bridgehead atoms. The van der Waals surface area contributed by atoms with E-state index in [-0.39, 0.29) is 0 Å². The Morgan fingerprint density at radius 3 is 1.14 bits per heavy atom. The van der Waals surface area contributed by atoms with Crippen LogP contribution in [0.2, 0.25) is 0 Å². The van der Waals surface area contributed by atoms with Gasteiger partial charge in [0.1, 0.15) is 11.2 Å². The molecule has 0 saturated carbocycles. The molecular formula is C68H42N4O2. The molecule has 6 heteroatoms. The number of nitrogens with zero attached hydrogens (tertiary/aromatic N) is 4. The van der Waals surface area contributed by atoms with Crippen molar-refractivity contribution in [3.05, 3.63) is 230 Å². The molecule has 6 nitrogen and oxygen atoms in total. The molecule has 0 aliphatic heterocycles. The summed E-state index contributed by atoms with van der Waals surface area (Å²) in [5.41, 5.74) is 19.4. The van der Waals surface area contributed by atoms with Crippen molar-refractivity contribution >= 4 is 154 Å². The first kappa shape index (κ1) is 39.9. The highest BCUT2D eigenvalue weighted by Gasteiger charge is 2.30. The molecule has 6 heterocycles. The van der Waals surface area contributed by atoms with Crippen LogP contribution in [0.3, 0.4) is 0 Å². The van der Waals surface area contributed by atoms with E-state index in [4.69, 9.17) is 8.83 Å². The highest BCUT2D eigenvalue weighted by atomic mass is 16.3. The summed E-state index contributed by atoms with van der Waals surface area (Å²) in [5.74, 6) is 0. The van der Waals surface area contributed by atoms with Gasteiger partial charge in [-0.1, -0.05) is 145 Å². The van der Waals surface area contributed by atoms with Gasteiger partial charge in [0.05, 0.1) is 55.8 Å². The van der Waals surface area contributed by atoms with E-state index >= 15 is 0 Å². The Morgan fingerprint density at radius 2 is 0.689 bits per heavy atom. The van der Waals surface area contributed by atoms with Gasteiger partial charge < -0.3 is 27.4 Å². The van der Waals surface area contributed by atoms with Gasteiger partial charge in [0.25, 0.3) is 0 Å². The first-order valence-corrected chi connectivity index (χ1v) is 25.4. The molecule has 0 N–H and O–H groups in total. The van der Waals surface area contributed by atoms with E-state index in [1.165, 1.54) is 87.3 Å². The lowest BCUT2D eigenvalue weighted by Crippen LogP contribution is -2.10.